The summed E-state index contributed by atoms with van der Waals surface area (Å²) in [5, 5.41) is 38.3. The molecule has 12 rings (SSSR count). The van der Waals surface area contributed by atoms with E-state index < -0.39 is 18.0 Å². The molecule has 99 heavy (non-hydrogen) atoms. The SMILES string of the molecule is CCCOCCOCCn1cc(-c2ccc(NC(=O)c3ccn4c(C)cc(C)nc34)cc2)nn1.Cc1cc(C)n2ccc(C(=O)Nc3ccc(-c4cn(CCOCCOCCNC(=O)c5ccc(C6=C7C=CC(N(C)C)=CC7Oc7cc(N(C)C)ccc76)c(C(=O)[O-])c5)nn4)cc3)c2n1. The maximum atomic E-state index is 13.2. The second-order valence-corrected chi connectivity index (χ2v) is 24.2. The minimum atomic E-state index is -1.39. The van der Waals surface area contributed by atoms with Gasteiger partial charge in [0.25, 0.3) is 17.7 Å². The predicted octanol–water partition coefficient (Wildman–Crippen LogP) is 8.84. The number of nitrogens with one attached hydrogen (secondary N) is 3. The zero-order chi connectivity index (χ0) is 69.7. The molecule has 0 saturated heterocycles. The molecule has 0 saturated carbocycles. The van der Waals surface area contributed by atoms with E-state index in [1.165, 1.54) is 6.07 Å². The lowest BCUT2D eigenvalue weighted by Gasteiger charge is -2.33. The number of carboxylic acid groups (broad SMARTS) is 1. The van der Waals surface area contributed by atoms with Crippen LogP contribution in [-0.2, 0) is 32.0 Å². The van der Waals surface area contributed by atoms with Crippen molar-refractivity contribution in [3.05, 3.63) is 220 Å². The summed E-state index contributed by atoms with van der Waals surface area (Å²) in [5.41, 5.74) is 15.3. The molecule has 25 heteroatoms. The van der Waals surface area contributed by atoms with Gasteiger partial charge in [-0.05, 0) is 125 Å². The van der Waals surface area contributed by atoms with E-state index in [1.807, 2.05) is 196 Å². The summed E-state index contributed by atoms with van der Waals surface area (Å²) in [6.07, 6.45) is 13.9. The number of aromatic nitrogens is 10. The van der Waals surface area contributed by atoms with Gasteiger partial charge in [-0.2, -0.15) is 0 Å². The average molecular weight is 1340 g/mol. The van der Waals surface area contributed by atoms with E-state index in [-0.39, 0.29) is 36.1 Å². The minimum absolute atomic E-state index is 0.0998. The number of allylic oxidation sites excluding steroid dienone is 1. The molecule has 0 fully saturated rings. The largest absolute Gasteiger partial charge is 0.545 e. The summed E-state index contributed by atoms with van der Waals surface area (Å²) in [6.45, 7) is 14.9. The Balaban J connectivity index is 0.000000244. The number of carbonyl (C=O) groups is 4. The van der Waals surface area contributed by atoms with Gasteiger partial charge in [0.2, 0.25) is 0 Å². The topological polar surface area (TPSA) is 276 Å². The van der Waals surface area contributed by atoms with Gasteiger partial charge in [-0.1, -0.05) is 53.8 Å². The number of aromatic carboxylic acids is 1. The first-order chi connectivity index (χ1) is 47.9. The summed E-state index contributed by atoms with van der Waals surface area (Å²) >= 11 is 0. The number of aryl methyl sites for hydroxylation is 4. The molecular formula is C74H80N15O10-. The van der Waals surface area contributed by atoms with Gasteiger partial charge < -0.3 is 68.1 Å². The Morgan fingerprint density at radius 3 is 1.61 bits per heavy atom. The third kappa shape index (κ3) is 16.8. The molecule has 25 nitrogen and oxygen atoms in total. The van der Waals surface area contributed by atoms with Crippen LogP contribution in [0.4, 0.5) is 17.1 Å². The van der Waals surface area contributed by atoms with Crippen LogP contribution in [0.5, 0.6) is 5.75 Å². The van der Waals surface area contributed by atoms with Gasteiger partial charge in [0.15, 0.2) is 0 Å². The number of amides is 3. The lowest BCUT2D eigenvalue weighted by Crippen LogP contribution is -2.30. The van der Waals surface area contributed by atoms with Crippen LogP contribution in [0.25, 0.3) is 39.4 Å². The van der Waals surface area contributed by atoms with E-state index in [9.17, 15) is 24.3 Å². The fraction of sp³-hybridized carbons (Fsp3) is 0.297. The van der Waals surface area contributed by atoms with Crippen LogP contribution in [0.1, 0.15) is 88.7 Å². The average Bonchev–Trinajstić information content (AvgIpc) is 1.72. The summed E-state index contributed by atoms with van der Waals surface area (Å²) in [7, 11) is 7.79. The number of benzene rings is 4. The maximum absolute atomic E-state index is 13.2. The van der Waals surface area contributed by atoms with E-state index in [4.69, 9.17) is 23.7 Å². The van der Waals surface area contributed by atoms with Gasteiger partial charge in [0, 0.05) is 144 Å². The summed E-state index contributed by atoms with van der Waals surface area (Å²) in [5.74, 6) is -1.64. The molecular weight excluding hydrogens is 1260 g/mol. The first-order valence-corrected chi connectivity index (χ1v) is 32.7. The Labute approximate surface area is 573 Å². The number of carboxylic acids is 1. The van der Waals surface area contributed by atoms with Crippen molar-refractivity contribution >= 4 is 57.6 Å². The van der Waals surface area contributed by atoms with Crippen LogP contribution in [0.15, 0.2) is 163 Å². The molecule has 3 N–H and O–H groups in total. The first-order valence-electron chi connectivity index (χ1n) is 32.7. The van der Waals surface area contributed by atoms with E-state index in [1.54, 1.807) is 33.6 Å². The first kappa shape index (κ1) is 69.2. The van der Waals surface area contributed by atoms with E-state index in [2.05, 4.69) is 53.5 Å². The number of likely N-dealkylation sites (N-methyl/N-ethyl adjacent to an activating group) is 1. The van der Waals surface area contributed by atoms with Crippen molar-refractivity contribution in [3.63, 3.8) is 0 Å². The van der Waals surface area contributed by atoms with E-state index in [0.717, 1.165) is 75.1 Å². The maximum Gasteiger partial charge on any atom is 0.259 e. The molecule has 1 unspecified atom stereocenters. The number of fused-ring (bicyclic) bond motifs is 4. The van der Waals surface area contributed by atoms with Crippen LogP contribution >= 0.6 is 0 Å². The lowest BCUT2D eigenvalue weighted by molar-refractivity contribution is -0.255. The molecule has 1 aliphatic heterocycles. The molecule has 6 aromatic heterocycles. The molecule has 4 aromatic carbocycles. The molecule has 1 atom stereocenters. The van der Waals surface area contributed by atoms with Crippen LogP contribution in [0.3, 0.4) is 0 Å². The number of anilines is 3. The van der Waals surface area contributed by atoms with Gasteiger partial charge >= 0.3 is 0 Å². The second-order valence-electron chi connectivity index (χ2n) is 24.2. The van der Waals surface area contributed by atoms with Crippen molar-refractivity contribution < 1.29 is 48.0 Å². The molecule has 7 heterocycles. The third-order valence-corrected chi connectivity index (χ3v) is 16.5. The highest BCUT2D eigenvalue weighted by atomic mass is 16.5. The molecule has 0 bridgehead atoms. The highest BCUT2D eigenvalue weighted by Gasteiger charge is 2.31. The smallest absolute Gasteiger partial charge is 0.259 e. The van der Waals surface area contributed by atoms with Gasteiger partial charge in [-0.3, -0.25) is 14.4 Å². The Hall–Kier alpha value is -11.1. The highest BCUT2D eigenvalue weighted by Crippen LogP contribution is 2.45. The van der Waals surface area contributed by atoms with Crippen LogP contribution in [0.2, 0.25) is 0 Å². The fourth-order valence-electron chi connectivity index (χ4n) is 11.5. The zero-order valence-corrected chi connectivity index (χ0v) is 56.9. The highest BCUT2D eigenvalue weighted by molar-refractivity contribution is 6.09. The second kappa shape index (κ2) is 31.8. The van der Waals surface area contributed by atoms with E-state index in [0.29, 0.717) is 109 Å². The molecule has 2 aliphatic rings. The van der Waals surface area contributed by atoms with Gasteiger partial charge in [-0.25, -0.2) is 19.3 Å². The Morgan fingerprint density at radius 1 is 0.566 bits per heavy atom. The lowest BCUT2D eigenvalue weighted by atomic mass is 9.83. The monoisotopic (exact) mass is 1340 g/mol. The Bertz CT molecular complexity index is 4660. The summed E-state index contributed by atoms with van der Waals surface area (Å²) in [6, 6.07) is 32.9. The Kier molecular flexibility index (Phi) is 22.3. The molecule has 0 spiro atoms. The molecule has 512 valence electrons. The number of hydrogen-bond donors (Lipinski definition) is 3. The molecule has 0 radical (unpaired) electrons. The quantitative estimate of drug-likeness (QED) is 0.0386. The van der Waals surface area contributed by atoms with Gasteiger partial charge in [0.1, 0.15) is 34.5 Å². The Morgan fingerprint density at radius 2 is 1.09 bits per heavy atom. The van der Waals surface area contributed by atoms with Crippen molar-refractivity contribution in [2.24, 2.45) is 0 Å². The van der Waals surface area contributed by atoms with Crippen LogP contribution < -0.4 is 30.7 Å². The van der Waals surface area contributed by atoms with Crippen molar-refractivity contribution in [2.45, 2.75) is 60.2 Å². The summed E-state index contributed by atoms with van der Waals surface area (Å²) < 4.78 is 36.1. The van der Waals surface area contributed by atoms with Crippen LogP contribution in [0, 0.1) is 27.7 Å². The fourth-order valence-corrected chi connectivity index (χ4v) is 11.5. The number of nitrogens with zero attached hydrogens (tertiary/aromatic N) is 12. The van der Waals surface area contributed by atoms with Crippen LogP contribution in [-0.4, -0.2) is 171 Å². The van der Waals surface area contributed by atoms with Crippen molar-refractivity contribution in [1.29, 1.82) is 0 Å². The number of rotatable bonds is 28. The predicted molar refractivity (Wildman–Crippen MR) is 375 cm³/mol. The van der Waals surface area contributed by atoms with Crippen molar-refractivity contribution in [2.75, 3.05) is 103 Å². The number of carbonyl (C=O) groups excluding carboxylic acids is 4. The van der Waals surface area contributed by atoms with Gasteiger partial charge in [-0.15, -0.1) is 10.2 Å². The van der Waals surface area contributed by atoms with Crippen molar-refractivity contribution in [3.8, 4) is 28.3 Å². The normalized spacial score (nSPS) is 13.1. The zero-order valence-electron chi connectivity index (χ0n) is 56.9. The minimum Gasteiger partial charge on any atom is -0.545 e. The van der Waals surface area contributed by atoms with Gasteiger partial charge in [0.05, 0.1) is 88.8 Å². The number of ether oxygens (including phenoxy) is 5. The van der Waals surface area contributed by atoms with E-state index >= 15 is 0 Å². The molecule has 1 aliphatic carbocycles. The standard InChI is InChI=1S/C49H51N9O7.C25H30N6O3/c1-30-25-31(2)58-19-17-40(46(58)51-30)48(60)52-34-10-7-32(8-11-34)42-29-57(54-53-42)20-22-64-24-23-63-21-18-50-47(59)33-9-14-37(41(26-33)49(61)62)45-38-15-12-35(55(3)4)27-43(38)65-44-28-36(56(5)6)13-16-39(44)45;1-4-12-33-14-15-34-13-11-30-17-23(28-29-30)20-5-7-21(8-6-20)27-25(32)22-9-10-31-19(3)16-18(2)26-24(22)31/h7-17,19,25-29,43H,18,20-24H2,1-6H3,(H,50,59)(H,52,60)(H,61,62);5-10,16-17H,4,11-15H2,1-3H3,(H,27,32)/p-1. The van der Waals surface area contributed by atoms with Crippen molar-refractivity contribution in [1.82, 2.24) is 59.0 Å². The molecule has 10 aromatic rings. The molecule has 3 amide bonds. The summed E-state index contributed by atoms with van der Waals surface area (Å²) in [4.78, 5) is 64.8. The number of hydrogen-bond acceptors (Lipinski definition) is 18. The third-order valence-electron chi connectivity index (χ3n) is 16.5.